The van der Waals surface area contributed by atoms with Gasteiger partial charge in [0.25, 0.3) is 5.91 Å². The summed E-state index contributed by atoms with van der Waals surface area (Å²) < 4.78 is 10.7. The summed E-state index contributed by atoms with van der Waals surface area (Å²) in [7, 11) is 3.23. The molecule has 3 rings (SSSR count). The molecule has 2 aromatic rings. The van der Waals surface area contributed by atoms with Gasteiger partial charge in [0.1, 0.15) is 11.5 Å². The Balaban J connectivity index is 1.72. The molecule has 2 N–H and O–H groups in total. The van der Waals surface area contributed by atoms with E-state index < -0.39 is 0 Å². The van der Waals surface area contributed by atoms with E-state index in [1.54, 1.807) is 32.7 Å². The lowest BCUT2D eigenvalue weighted by Crippen LogP contribution is -2.34. The maximum Gasteiger partial charge on any atom is 0.253 e. The van der Waals surface area contributed by atoms with Crippen LogP contribution in [0.2, 0.25) is 0 Å². The fourth-order valence-corrected chi connectivity index (χ4v) is 3.39. The van der Waals surface area contributed by atoms with E-state index in [4.69, 9.17) is 9.47 Å². The second-order valence-electron chi connectivity index (χ2n) is 6.82. The number of anilines is 2. The number of carbonyl (C=O) groups excluding carboxylic acids is 1. The summed E-state index contributed by atoms with van der Waals surface area (Å²) in [6.45, 7) is 0. The van der Waals surface area contributed by atoms with Gasteiger partial charge in [-0.05, 0) is 31.0 Å². The third kappa shape index (κ3) is 5.12. The monoisotopic (exact) mass is 369 g/mol. The number of ether oxygens (including phenoxy) is 2. The molecule has 144 valence electrons. The van der Waals surface area contributed by atoms with Crippen LogP contribution < -0.4 is 20.1 Å². The Bertz CT molecular complexity index is 771. The molecule has 1 amide bonds. The van der Waals surface area contributed by atoms with Gasteiger partial charge in [-0.3, -0.25) is 9.78 Å². The van der Waals surface area contributed by atoms with E-state index in [0.29, 0.717) is 17.1 Å². The fourth-order valence-electron chi connectivity index (χ4n) is 3.39. The number of pyridine rings is 1. The average molecular weight is 369 g/mol. The van der Waals surface area contributed by atoms with Crippen molar-refractivity contribution in [3.8, 4) is 11.5 Å². The molecule has 1 aromatic carbocycles. The zero-order valence-corrected chi connectivity index (χ0v) is 16.0. The Hall–Kier alpha value is -2.76. The molecule has 1 heterocycles. The lowest BCUT2D eigenvalue weighted by atomic mass is 10.1. The minimum absolute atomic E-state index is 0.0735. The first kappa shape index (κ1) is 19.0. The number of methoxy groups -OCH3 is 2. The molecular formula is C21H27N3O3. The van der Waals surface area contributed by atoms with Crippen LogP contribution in [0.15, 0.2) is 36.7 Å². The van der Waals surface area contributed by atoms with Crippen molar-refractivity contribution >= 4 is 17.3 Å². The summed E-state index contributed by atoms with van der Waals surface area (Å²) in [5, 5.41) is 6.42. The number of rotatable bonds is 6. The van der Waals surface area contributed by atoms with E-state index in [0.717, 1.165) is 24.2 Å². The van der Waals surface area contributed by atoms with E-state index >= 15 is 0 Å². The first-order valence-electron chi connectivity index (χ1n) is 9.44. The van der Waals surface area contributed by atoms with Gasteiger partial charge in [0.05, 0.1) is 37.4 Å². The number of benzene rings is 1. The Morgan fingerprint density at radius 3 is 2.52 bits per heavy atom. The SMILES string of the molecule is COc1ccc(OC)c(Nc2cncc(C(=O)NC3CCCCCC3)c2)c1. The van der Waals surface area contributed by atoms with Gasteiger partial charge in [-0.1, -0.05) is 25.7 Å². The lowest BCUT2D eigenvalue weighted by Gasteiger charge is -2.17. The van der Waals surface area contributed by atoms with Crippen LogP contribution in [0.4, 0.5) is 11.4 Å². The van der Waals surface area contributed by atoms with Gasteiger partial charge in [-0.2, -0.15) is 0 Å². The highest BCUT2D eigenvalue weighted by atomic mass is 16.5. The van der Waals surface area contributed by atoms with Gasteiger partial charge in [0.15, 0.2) is 0 Å². The van der Waals surface area contributed by atoms with Gasteiger partial charge < -0.3 is 20.1 Å². The Kier molecular flexibility index (Phi) is 6.52. The molecule has 0 bridgehead atoms. The molecule has 0 radical (unpaired) electrons. The molecule has 1 aliphatic rings. The smallest absolute Gasteiger partial charge is 0.253 e. The second-order valence-corrected chi connectivity index (χ2v) is 6.82. The third-order valence-electron chi connectivity index (χ3n) is 4.88. The minimum atomic E-state index is -0.0735. The first-order chi connectivity index (χ1) is 13.2. The highest BCUT2D eigenvalue weighted by Crippen LogP contribution is 2.31. The molecule has 0 aliphatic heterocycles. The summed E-state index contributed by atoms with van der Waals surface area (Å²) >= 11 is 0. The van der Waals surface area contributed by atoms with Crippen molar-refractivity contribution in [3.63, 3.8) is 0 Å². The van der Waals surface area contributed by atoms with Crippen molar-refractivity contribution in [1.82, 2.24) is 10.3 Å². The number of hydrogen-bond donors (Lipinski definition) is 2. The van der Waals surface area contributed by atoms with Crippen LogP contribution in [0, 0.1) is 0 Å². The standard InChI is InChI=1S/C21H27N3O3/c1-26-18-9-10-20(27-2)19(12-18)23-17-11-15(13-22-14-17)21(25)24-16-7-5-3-4-6-8-16/h9-14,16,23H,3-8H2,1-2H3,(H,24,25). The third-order valence-corrected chi connectivity index (χ3v) is 4.88. The Labute approximate surface area is 160 Å². The largest absolute Gasteiger partial charge is 0.497 e. The zero-order chi connectivity index (χ0) is 19.1. The molecule has 0 atom stereocenters. The summed E-state index contributed by atoms with van der Waals surface area (Å²) in [5.41, 5.74) is 2.01. The Morgan fingerprint density at radius 2 is 1.81 bits per heavy atom. The summed E-state index contributed by atoms with van der Waals surface area (Å²) in [6.07, 6.45) is 10.3. The predicted octanol–water partition coefficient (Wildman–Crippen LogP) is 4.30. The van der Waals surface area contributed by atoms with Crippen LogP contribution in [-0.2, 0) is 0 Å². The van der Waals surface area contributed by atoms with Crippen molar-refractivity contribution in [2.45, 2.75) is 44.6 Å². The van der Waals surface area contributed by atoms with Gasteiger partial charge in [-0.25, -0.2) is 0 Å². The molecule has 27 heavy (non-hydrogen) atoms. The molecule has 0 spiro atoms. The number of carbonyl (C=O) groups is 1. The molecule has 1 aromatic heterocycles. The van der Waals surface area contributed by atoms with Crippen molar-refractivity contribution in [2.24, 2.45) is 0 Å². The molecule has 1 saturated carbocycles. The summed E-state index contributed by atoms with van der Waals surface area (Å²) in [6, 6.07) is 7.57. The Morgan fingerprint density at radius 1 is 1.04 bits per heavy atom. The average Bonchev–Trinajstić information content (AvgIpc) is 2.96. The van der Waals surface area contributed by atoms with E-state index in [9.17, 15) is 4.79 Å². The van der Waals surface area contributed by atoms with Crippen LogP contribution in [0.5, 0.6) is 11.5 Å². The maximum absolute atomic E-state index is 12.6. The van der Waals surface area contributed by atoms with E-state index in [2.05, 4.69) is 15.6 Å². The first-order valence-corrected chi connectivity index (χ1v) is 9.44. The molecule has 0 unspecified atom stereocenters. The zero-order valence-electron chi connectivity index (χ0n) is 16.0. The molecule has 1 aliphatic carbocycles. The van der Waals surface area contributed by atoms with E-state index in [-0.39, 0.29) is 11.9 Å². The van der Waals surface area contributed by atoms with Crippen LogP contribution >= 0.6 is 0 Å². The maximum atomic E-state index is 12.6. The van der Waals surface area contributed by atoms with Gasteiger partial charge in [0.2, 0.25) is 0 Å². The molecule has 6 nitrogen and oxygen atoms in total. The number of hydrogen-bond acceptors (Lipinski definition) is 5. The van der Waals surface area contributed by atoms with Crippen LogP contribution in [0.1, 0.15) is 48.9 Å². The summed E-state index contributed by atoms with van der Waals surface area (Å²) in [4.78, 5) is 16.8. The second kappa shape index (κ2) is 9.26. The predicted molar refractivity (Wildman–Crippen MR) is 106 cm³/mol. The van der Waals surface area contributed by atoms with Gasteiger partial charge in [-0.15, -0.1) is 0 Å². The van der Waals surface area contributed by atoms with E-state index in [1.807, 2.05) is 18.2 Å². The van der Waals surface area contributed by atoms with E-state index in [1.165, 1.54) is 25.7 Å². The fraction of sp³-hybridized carbons (Fsp3) is 0.429. The molecular weight excluding hydrogens is 342 g/mol. The van der Waals surface area contributed by atoms with Gasteiger partial charge >= 0.3 is 0 Å². The topological polar surface area (TPSA) is 72.5 Å². The van der Waals surface area contributed by atoms with Crippen molar-refractivity contribution in [3.05, 3.63) is 42.2 Å². The van der Waals surface area contributed by atoms with Gasteiger partial charge in [0, 0.05) is 18.3 Å². The lowest BCUT2D eigenvalue weighted by molar-refractivity contribution is 0.0933. The number of nitrogens with one attached hydrogen (secondary N) is 2. The molecule has 0 saturated heterocycles. The number of nitrogens with zero attached hydrogens (tertiary/aromatic N) is 1. The van der Waals surface area contributed by atoms with Crippen molar-refractivity contribution in [2.75, 3.05) is 19.5 Å². The highest BCUT2D eigenvalue weighted by molar-refractivity contribution is 5.95. The minimum Gasteiger partial charge on any atom is -0.497 e. The van der Waals surface area contributed by atoms with Crippen LogP contribution in [0.3, 0.4) is 0 Å². The molecule has 6 heteroatoms. The highest BCUT2D eigenvalue weighted by Gasteiger charge is 2.16. The summed E-state index contributed by atoms with van der Waals surface area (Å²) in [5.74, 6) is 1.33. The number of aromatic nitrogens is 1. The normalized spacial score (nSPS) is 14.9. The van der Waals surface area contributed by atoms with Crippen LogP contribution in [-0.4, -0.2) is 31.2 Å². The van der Waals surface area contributed by atoms with Crippen LogP contribution in [0.25, 0.3) is 0 Å². The number of amides is 1. The quantitative estimate of drug-likeness (QED) is 0.743. The van der Waals surface area contributed by atoms with Crippen molar-refractivity contribution < 1.29 is 14.3 Å². The van der Waals surface area contributed by atoms with Crippen molar-refractivity contribution in [1.29, 1.82) is 0 Å². The molecule has 1 fully saturated rings.